The van der Waals surface area contributed by atoms with Crippen LogP contribution in [0.15, 0.2) is 42.5 Å². The van der Waals surface area contributed by atoms with Crippen LogP contribution in [0, 0.1) is 5.82 Å². The van der Waals surface area contributed by atoms with Crippen molar-refractivity contribution in [1.29, 1.82) is 0 Å². The van der Waals surface area contributed by atoms with Gasteiger partial charge in [0.1, 0.15) is 5.82 Å². The van der Waals surface area contributed by atoms with Crippen LogP contribution < -0.4 is 9.47 Å². The molecular formula is C22H26ClFN2O3. The topological polar surface area (TPSA) is 42.0 Å². The molecule has 0 saturated carbocycles. The molecule has 0 unspecified atom stereocenters. The highest BCUT2D eigenvalue weighted by Gasteiger charge is 2.32. The summed E-state index contributed by atoms with van der Waals surface area (Å²) in [6.45, 7) is 6.12. The Bertz CT molecular complexity index is 846. The Labute approximate surface area is 176 Å². The summed E-state index contributed by atoms with van der Waals surface area (Å²) in [6, 6.07) is 11.8. The fraction of sp³-hybridized carbons (Fsp3) is 0.409. The van der Waals surface area contributed by atoms with E-state index < -0.39 is 0 Å². The zero-order valence-corrected chi connectivity index (χ0v) is 17.7. The van der Waals surface area contributed by atoms with Crippen molar-refractivity contribution in [3.05, 3.63) is 58.9 Å². The van der Waals surface area contributed by atoms with Crippen molar-refractivity contribution < 1.29 is 18.7 Å². The van der Waals surface area contributed by atoms with Gasteiger partial charge in [-0.3, -0.25) is 9.69 Å². The predicted octanol–water partition coefficient (Wildman–Crippen LogP) is 3.99. The summed E-state index contributed by atoms with van der Waals surface area (Å²) in [7, 11) is 1.54. The average Bonchev–Trinajstić information content (AvgIpc) is 2.70. The summed E-state index contributed by atoms with van der Waals surface area (Å²) in [6.07, 6.45) is 0. The van der Waals surface area contributed by atoms with Crippen molar-refractivity contribution in [2.45, 2.75) is 32.5 Å². The molecule has 1 fully saturated rings. The van der Waals surface area contributed by atoms with E-state index in [4.69, 9.17) is 21.1 Å². The van der Waals surface area contributed by atoms with Crippen molar-refractivity contribution in [1.82, 2.24) is 9.80 Å². The largest absolute Gasteiger partial charge is 0.493 e. The maximum absolute atomic E-state index is 13.1. The van der Waals surface area contributed by atoms with Crippen LogP contribution in [-0.4, -0.2) is 54.6 Å². The third-order valence-electron chi connectivity index (χ3n) is 5.21. The summed E-state index contributed by atoms with van der Waals surface area (Å²) >= 11 is 6.01. The van der Waals surface area contributed by atoms with Gasteiger partial charge in [0.15, 0.2) is 18.1 Å². The number of ether oxygens (including phenoxy) is 2. The Morgan fingerprint density at radius 1 is 1.10 bits per heavy atom. The number of rotatable bonds is 6. The van der Waals surface area contributed by atoms with Crippen molar-refractivity contribution >= 4 is 17.5 Å². The minimum absolute atomic E-state index is 0.0454. The first kappa shape index (κ1) is 21.4. The standard InChI is InChI=1S/C22H26ClFN2O3/c1-15-12-26(16(2)11-25(15)13-17-4-7-19(24)8-5-17)22(27)14-29-21-10-18(23)6-9-20(21)28-3/h4-10,15-16H,11-14H2,1-3H3/t15-,16+/m1/s1. The van der Waals surface area contributed by atoms with Crippen molar-refractivity contribution in [3.8, 4) is 11.5 Å². The van der Waals surface area contributed by atoms with E-state index in [0.717, 1.165) is 18.7 Å². The van der Waals surface area contributed by atoms with Gasteiger partial charge in [0, 0.05) is 42.8 Å². The summed E-state index contributed by atoms with van der Waals surface area (Å²) in [5, 5.41) is 0.518. The molecule has 1 saturated heterocycles. The van der Waals surface area contributed by atoms with E-state index in [1.165, 1.54) is 12.1 Å². The molecule has 0 aliphatic carbocycles. The molecule has 29 heavy (non-hydrogen) atoms. The molecule has 1 aliphatic rings. The van der Waals surface area contributed by atoms with Crippen LogP contribution in [0.4, 0.5) is 4.39 Å². The van der Waals surface area contributed by atoms with E-state index in [2.05, 4.69) is 11.8 Å². The normalized spacial score (nSPS) is 19.8. The maximum atomic E-state index is 13.1. The van der Waals surface area contributed by atoms with Crippen molar-refractivity contribution in [2.24, 2.45) is 0 Å². The summed E-state index contributed by atoms with van der Waals surface area (Å²) in [5.41, 5.74) is 1.06. The van der Waals surface area contributed by atoms with Crippen molar-refractivity contribution in [3.63, 3.8) is 0 Å². The number of amides is 1. The summed E-state index contributed by atoms with van der Waals surface area (Å²) < 4.78 is 24.1. The number of halogens is 2. The molecule has 0 N–H and O–H groups in total. The van der Waals surface area contributed by atoms with Gasteiger partial charge in [-0.05, 0) is 43.7 Å². The molecule has 7 heteroatoms. The SMILES string of the molecule is COc1ccc(Cl)cc1OCC(=O)N1C[C@@H](C)N(Cc2ccc(F)cc2)C[C@@H]1C. The number of methoxy groups -OCH3 is 1. The highest BCUT2D eigenvalue weighted by molar-refractivity contribution is 6.30. The summed E-state index contributed by atoms with van der Waals surface area (Å²) in [4.78, 5) is 16.9. The second-order valence-corrected chi connectivity index (χ2v) is 7.82. The molecule has 0 aromatic heterocycles. The summed E-state index contributed by atoms with van der Waals surface area (Å²) in [5.74, 6) is 0.673. The van der Waals surface area contributed by atoms with Crippen LogP contribution in [0.5, 0.6) is 11.5 Å². The maximum Gasteiger partial charge on any atom is 0.260 e. The van der Waals surface area contributed by atoms with Gasteiger partial charge in [-0.2, -0.15) is 0 Å². The molecule has 1 amide bonds. The monoisotopic (exact) mass is 420 g/mol. The van der Waals surface area contributed by atoms with E-state index in [-0.39, 0.29) is 30.4 Å². The van der Waals surface area contributed by atoms with E-state index >= 15 is 0 Å². The Balaban J connectivity index is 1.58. The molecule has 0 bridgehead atoms. The molecule has 2 aromatic carbocycles. The second kappa shape index (κ2) is 9.46. The minimum atomic E-state index is -0.234. The predicted molar refractivity (Wildman–Crippen MR) is 111 cm³/mol. The van der Waals surface area contributed by atoms with Crippen LogP contribution in [0.2, 0.25) is 5.02 Å². The smallest absolute Gasteiger partial charge is 0.260 e. The van der Waals surface area contributed by atoms with Gasteiger partial charge in [0.2, 0.25) is 0 Å². The van der Waals surface area contributed by atoms with Crippen molar-refractivity contribution in [2.75, 3.05) is 26.8 Å². The molecule has 5 nitrogen and oxygen atoms in total. The van der Waals surface area contributed by atoms with Gasteiger partial charge >= 0.3 is 0 Å². The minimum Gasteiger partial charge on any atom is -0.493 e. The van der Waals surface area contributed by atoms with Gasteiger partial charge in [-0.1, -0.05) is 23.7 Å². The molecule has 156 valence electrons. The third kappa shape index (κ3) is 5.40. The molecular weight excluding hydrogens is 395 g/mol. The zero-order chi connectivity index (χ0) is 21.0. The lowest BCUT2D eigenvalue weighted by Gasteiger charge is -2.44. The van der Waals surface area contributed by atoms with Gasteiger partial charge in [-0.25, -0.2) is 4.39 Å². The van der Waals surface area contributed by atoms with E-state index in [1.807, 2.05) is 11.8 Å². The number of carbonyl (C=O) groups excluding carboxylic acids is 1. The lowest BCUT2D eigenvalue weighted by atomic mass is 10.1. The van der Waals surface area contributed by atoms with E-state index in [0.29, 0.717) is 23.1 Å². The van der Waals surface area contributed by atoms with Crippen LogP contribution in [-0.2, 0) is 11.3 Å². The Morgan fingerprint density at radius 2 is 1.83 bits per heavy atom. The molecule has 2 aromatic rings. The van der Waals surface area contributed by atoms with Gasteiger partial charge in [0.05, 0.1) is 7.11 Å². The van der Waals surface area contributed by atoms with Crippen LogP contribution >= 0.6 is 11.6 Å². The number of hydrogen-bond acceptors (Lipinski definition) is 4. The van der Waals surface area contributed by atoms with Gasteiger partial charge in [-0.15, -0.1) is 0 Å². The molecule has 1 heterocycles. The van der Waals surface area contributed by atoms with E-state index in [9.17, 15) is 9.18 Å². The molecule has 3 rings (SSSR count). The Hall–Kier alpha value is -2.31. The fourth-order valence-electron chi connectivity index (χ4n) is 3.58. The first-order chi connectivity index (χ1) is 13.9. The molecule has 2 atom stereocenters. The Morgan fingerprint density at radius 3 is 2.52 bits per heavy atom. The number of piperazine rings is 1. The van der Waals surface area contributed by atoms with Crippen LogP contribution in [0.1, 0.15) is 19.4 Å². The highest BCUT2D eigenvalue weighted by atomic mass is 35.5. The Kier molecular flexibility index (Phi) is 6.98. The fourth-order valence-corrected chi connectivity index (χ4v) is 3.74. The molecule has 0 radical (unpaired) electrons. The third-order valence-corrected chi connectivity index (χ3v) is 5.45. The number of benzene rings is 2. The van der Waals surface area contributed by atoms with Gasteiger partial charge < -0.3 is 14.4 Å². The zero-order valence-electron chi connectivity index (χ0n) is 16.9. The number of nitrogens with zero attached hydrogens (tertiary/aromatic N) is 2. The first-order valence-electron chi connectivity index (χ1n) is 9.61. The lowest BCUT2D eigenvalue weighted by Crippen LogP contribution is -2.58. The van der Waals surface area contributed by atoms with E-state index in [1.54, 1.807) is 37.4 Å². The first-order valence-corrected chi connectivity index (χ1v) is 9.99. The molecule has 1 aliphatic heterocycles. The highest BCUT2D eigenvalue weighted by Crippen LogP contribution is 2.30. The lowest BCUT2D eigenvalue weighted by molar-refractivity contribution is -0.139. The van der Waals surface area contributed by atoms with Crippen LogP contribution in [0.3, 0.4) is 0 Å². The quantitative estimate of drug-likeness (QED) is 0.708. The number of carbonyl (C=O) groups is 1. The van der Waals surface area contributed by atoms with Crippen LogP contribution in [0.25, 0.3) is 0 Å². The number of hydrogen-bond donors (Lipinski definition) is 0. The second-order valence-electron chi connectivity index (χ2n) is 7.38. The van der Waals surface area contributed by atoms with Gasteiger partial charge in [0.25, 0.3) is 5.91 Å². The molecule has 0 spiro atoms. The average molecular weight is 421 g/mol.